The van der Waals surface area contributed by atoms with Crippen LogP contribution in [0.4, 0.5) is 0 Å². The van der Waals surface area contributed by atoms with Crippen LogP contribution in [0, 0.1) is 0 Å². The summed E-state index contributed by atoms with van der Waals surface area (Å²) in [5.74, 6) is 1.32. The van der Waals surface area contributed by atoms with Crippen LogP contribution in [-0.4, -0.2) is 20.8 Å². The molecule has 0 radical (unpaired) electrons. The van der Waals surface area contributed by atoms with Gasteiger partial charge in [0.05, 0.1) is 19.2 Å². The summed E-state index contributed by atoms with van der Waals surface area (Å²) in [6.07, 6.45) is 3.68. The van der Waals surface area contributed by atoms with Gasteiger partial charge in [0.1, 0.15) is 11.5 Å². The van der Waals surface area contributed by atoms with Gasteiger partial charge in [-0.25, -0.2) is 0 Å². The van der Waals surface area contributed by atoms with Crippen LogP contribution < -0.4 is 15.2 Å². The Balaban J connectivity index is 3.19. The van der Waals surface area contributed by atoms with Crippen LogP contribution in [-0.2, 0) is 0 Å². The standard InChI is InChI=1S/C11H14ClNO2/c1-14-9-6-8(4-3-5-13)11(15-2)10(12)7-9/h3-4,6-7H,5,13H2,1-2H3/b4-3+. The predicted molar refractivity (Wildman–Crippen MR) is 62.6 cm³/mol. The molecule has 0 bridgehead atoms. The molecule has 82 valence electrons. The summed E-state index contributed by atoms with van der Waals surface area (Å²) in [4.78, 5) is 0. The predicted octanol–water partition coefficient (Wildman–Crippen LogP) is 2.33. The van der Waals surface area contributed by atoms with E-state index in [0.717, 1.165) is 5.56 Å². The van der Waals surface area contributed by atoms with Gasteiger partial charge < -0.3 is 15.2 Å². The lowest BCUT2D eigenvalue weighted by Gasteiger charge is -2.09. The van der Waals surface area contributed by atoms with E-state index in [2.05, 4.69) is 0 Å². The molecule has 15 heavy (non-hydrogen) atoms. The molecule has 0 aliphatic rings. The second-order valence-electron chi connectivity index (χ2n) is 2.87. The lowest BCUT2D eigenvalue weighted by molar-refractivity contribution is 0.402. The number of ether oxygens (including phenoxy) is 2. The summed E-state index contributed by atoms with van der Waals surface area (Å²) < 4.78 is 10.3. The van der Waals surface area contributed by atoms with E-state index in [-0.39, 0.29) is 0 Å². The quantitative estimate of drug-likeness (QED) is 0.859. The Hall–Kier alpha value is -1.19. The first-order chi connectivity index (χ1) is 7.22. The molecular weight excluding hydrogens is 214 g/mol. The van der Waals surface area contributed by atoms with E-state index >= 15 is 0 Å². The third-order valence-electron chi connectivity index (χ3n) is 1.92. The maximum atomic E-state index is 6.02. The Morgan fingerprint density at radius 3 is 2.60 bits per heavy atom. The molecule has 0 amide bonds. The molecule has 0 atom stereocenters. The van der Waals surface area contributed by atoms with Crippen LogP contribution in [0.2, 0.25) is 5.02 Å². The molecule has 3 nitrogen and oxygen atoms in total. The van der Waals surface area contributed by atoms with Gasteiger partial charge in [-0.15, -0.1) is 0 Å². The molecule has 0 saturated carbocycles. The maximum Gasteiger partial charge on any atom is 0.144 e. The first-order valence-electron chi connectivity index (χ1n) is 4.51. The van der Waals surface area contributed by atoms with Crippen molar-refractivity contribution in [1.82, 2.24) is 0 Å². The zero-order valence-electron chi connectivity index (χ0n) is 8.79. The molecule has 1 rings (SSSR count). The van der Waals surface area contributed by atoms with Crippen LogP contribution in [0.5, 0.6) is 11.5 Å². The van der Waals surface area contributed by atoms with E-state index in [0.29, 0.717) is 23.1 Å². The van der Waals surface area contributed by atoms with Crippen molar-refractivity contribution >= 4 is 17.7 Å². The third-order valence-corrected chi connectivity index (χ3v) is 2.20. The summed E-state index contributed by atoms with van der Waals surface area (Å²) in [7, 11) is 3.17. The average Bonchev–Trinajstić information content (AvgIpc) is 2.25. The van der Waals surface area contributed by atoms with Crippen molar-refractivity contribution in [2.45, 2.75) is 0 Å². The smallest absolute Gasteiger partial charge is 0.144 e. The number of hydrogen-bond donors (Lipinski definition) is 1. The Bertz CT molecular complexity index is 364. The zero-order chi connectivity index (χ0) is 11.3. The number of nitrogens with two attached hydrogens (primary N) is 1. The fourth-order valence-corrected chi connectivity index (χ4v) is 1.53. The van der Waals surface area contributed by atoms with E-state index in [4.69, 9.17) is 26.8 Å². The normalized spacial score (nSPS) is 10.7. The summed E-state index contributed by atoms with van der Waals surface area (Å²) in [5.41, 5.74) is 6.24. The second-order valence-corrected chi connectivity index (χ2v) is 3.28. The highest BCUT2D eigenvalue weighted by Crippen LogP contribution is 2.33. The zero-order valence-corrected chi connectivity index (χ0v) is 9.54. The molecule has 0 aromatic heterocycles. The van der Waals surface area contributed by atoms with Gasteiger partial charge in [-0.3, -0.25) is 0 Å². The van der Waals surface area contributed by atoms with Crippen molar-refractivity contribution < 1.29 is 9.47 Å². The average molecular weight is 228 g/mol. The summed E-state index contributed by atoms with van der Waals surface area (Å²) >= 11 is 6.02. The van der Waals surface area contributed by atoms with Gasteiger partial charge in [0, 0.05) is 18.2 Å². The number of hydrogen-bond acceptors (Lipinski definition) is 3. The molecule has 0 aliphatic heterocycles. The van der Waals surface area contributed by atoms with Gasteiger partial charge in [0.2, 0.25) is 0 Å². The monoisotopic (exact) mass is 227 g/mol. The highest BCUT2D eigenvalue weighted by Gasteiger charge is 2.08. The molecule has 0 aliphatic carbocycles. The van der Waals surface area contributed by atoms with Crippen molar-refractivity contribution in [2.24, 2.45) is 5.73 Å². The minimum absolute atomic E-state index is 0.470. The van der Waals surface area contributed by atoms with Crippen molar-refractivity contribution in [2.75, 3.05) is 20.8 Å². The summed E-state index contributed by atoms with van der Waals surface area (Å²) in [6.45, 7) is 0.470. The van der Waals surface area contributed by atoms with Crippen LogP contribution in [0.15, 0.2) is 18.2 Å². The van der Waals surface area contributed by atoms with Gasteiger partial charge in [0.15, 0.2) is 0 Å². The highest BCUT2D eigenvalue weighted by atomic mass is 35.5. The lowest BCUT2D eigenvalue weighted by atomic mass is 10.1. The molecule has 0 unspecified atom stereocenters. The molecular formula is C11H14ClNO2. The van der Waals surface area contributed by atoms with Crippen LogP contribution in [0.25, 0.3) is 6.08 Å². The van der Waals surface area contributed by atoms with Crippen molar-refractivity contribution in [1.29, 1.82) is 0 Å². The molecule has 1 aromatic rings. The molecule has 0 saturated heterocycles. The Morgan fingerprint density at radius 1 is 1.33 bits per heavy atom. The van der Waals surface area contributed by atoms with Crippen molar-refractivity contribution in [3.8, 4) is 11.5 Å². The number of rotatable bonds is 4. The SMILES string of the molecule is COc1cc(Cl)c(OC)c(/C=C/CN)c1. The number of methoxy groups -OCH3 is 2. The Kier molecular flexibility index (Phi) is 4.46. The fourth-order valence-electron chi connectivity index (χ4n) is 1.24. The van der Waals surface area contributed by atoms with Gasteiger partial charge >= 0.3 is 0 Å². The molecule has 0 heterocycles. The molecule has 1 aromatic carbocycles. The minimum Gasteiger partial charge on any atom is -0.497 e. The van der Waals surface area contributed by atoms with E-state index in [1.54, 1.807) is 20.3 Å². The Labute approximate surface area is 94.4 Å². The molecule has 0 fully saturated rings. The fraction of sp³-hybridized carbons (Fsp3) is 0.273. The highest BCUT2D eigenvalue weighted by molar-refractivity contribution is 6.32. The molecule has 0 spiro atoms. The van der Waals surface area contributed by atoms with E-state index in [1.807, 2.05) is 18.2 Å². The van der Waals surface area contributed by atoms with E-state index < -0.39 is 0 Å². The number of benzene rings is 1. The third kappa shape index (κ3) is 2.88. The maximum absolute atomic E-state index is 6.02. The molecule has 2 N–H and O–H groups in total. The van der Waals surface area contributed by atoms with Crippen LogP contribution in [0.1, 0.15) is 5.56 Å². The summed E-state index contributed by atoms with van der Waals surface area (Å²) in [5, 5.41) is 0.522. The number of halogens is 1. The van der Waals surface area contributed by atoms with Gasteiger partial charge in [-0.2, -0.15) is 0 Å². The van der Waals surface area contributed by atoms with Crippen molar-refractivity contribution in [3.05, 3.63) is 28.8 Å². The van der Waals surface area contributed by atoms with E-state index in [9.17, 15) is 0 Å². The largest absolute Gasteiger partial charge is 0.497 e. The Morgan fingerprint density at radius 2 is 2.07 bits per heavy atom. The first kappa shape index (κ1) is 11.9. The lowest BCUT2D eigenvalue weighted by Crippen LogP contribution is -1.94. The summed E-state index contributed by atoms with van der Waals surface area (Å²) in [6, 6.07) is 3.55. The van der Waals surface area contributed by atoms with E-state index in [1.165, 1.54) is 0 Å². The molecule has 4 heteroatoms. The van der Waals surface area contributed by atoms with Crippen LogP contribution >= 0.6 is 11.6 Å². The topological polar surface area (TPSA) is 44.5 Å². The van der Waals surface area contributed by atoms with Crippen LogP contribution in [0.3, 0.4) is 0 Å². The first-order valence-corrected chi connectivity index (χ1v) is 4.88. The van der Waals surface area contributed by atoms with Gasteiger partial charge in [-0.05, 0) is 6.07 Å². The minimum atomic E-state index is 0.470. The van der Waals surface area contributed by atoms with Crippen molar-refractivity contribution in [3.63, 3.8) is 0 Å². The second kappa shape index (κ2) is 5.63. The van der Waals surface area contributed by atoms with Gasteiger partial charge in [-0.1, -0.05) is 23.8 Å². The van der Waals surface area contributed by atoms with Gasteiger partial charge in [0.25, 0.3) is 0 Å².